The molecule has 0 atom stereocenters. The van der Waals surface area contributed by atoms with Crippen molar-refractivity contribution in [2.24, 2.45) is 0 Å². The zero-order valence-electron chi connectivity index (χ0n) is 5.27. The van der Waals surface area contributed by atoms with Crippen molar-refractivity contribution in [1.82, 2.24) is 0 Å². The summed E-state index contributed by atoms with van der Waals surface area (Å²) >= 11 is 5.30. The lowest BCUT2D eigenvalue weighted by Crippen LogP contribution is -2.21. The summed E-state index contributed by atoms with van der Waals surface area (Å²) in [4.78, 5) is 10.6. The first-order chi connectivity index (χ1) is 4.33. The van der Waals surface area contributed by atoms with Gasteiger partial charge in [-0.15, -0.1) is 11.6 Å². The summed E-state index contributed by atoms with van der Waals surface area (Å²) in [6, 6.07) is 0. The fraction of sp³-hybridized carbons (Fsp3) is 0.833. The van der Waals surface area contributed by atoms with Crippen molar-refractivity contribution in [2.45, 2.75) is 25.1 Å². The Labute approximate surface area is 61.0 Å². The maximum Gasteiger partial charge on any atom is 0.207 e. The molecule has 0 spiro atoms. The quantitative estimate of drug-likeness (QED) is 0.431. The minimum Gasteiger partial charge on any atom is -0.311 e. The van der Waals surface area contributed by atoms with Gasteiger partial charge in [-0.2, -0.15) is 0 Å². The van der Waals surface area contributed by atoms with Gasteiger partial charge in [-0.1, -0.05) is 25.1 Å². The van der Waals surface area contributed by atoms with Gasteiger partial charge < -0.3 is 4.79 Å². The molecule has 0 aromatic carbocycles. The first-order valence-electron chi connectivity index (χ1n) is 3.26. The normalized spacial score (nSPS) is 18.8. The predicted octanol–water partition coefficient (Wildman–Crippen LogP) is 1.43. The molecule has 3 heteroatoms. The van der Waals surface area contributed by atoms with Crippen molar-refractivity contribution in [3.05, 3.63) is 0 Å². The second-order valence-corrected chi connectivity index (χ2v) is 2.72. The van der Waals surface area contributed by atoms with Crippen molar-refractivity contribution in [3.8, 4) is 0 Å². The molecule has 1 nitrogen and oxygen atoms in total. The summed E-state index contributed by atoms with van der Waals surface area (Å²) in [6.45, 7) is 0. The van der Waals surface area contributed by atoms with E-state index in [9.17, 15) is 4.79 Å². The number of halogens is 1. The van der Waals surface area contributed by atoms with E-state index in [4.69, 9.17) is 11.6 Å². The molecule has 0 N–H and O–H groups in total. The van der Waals surface area contributed by atoms with Crippen LogP contribution in [-0.2, 0) is 4.79 Å². The average Bonchev–Trinajstić information content (AvgIpc) is 1.78. The van der Waals surface area contributed by atoms with E-state index in [1.807, 2.05) is 0 Å². The van der Waals surface area contributed by atoms with Crippen LogP contribution in [0, 0.1) is 0 Å². The molecule has 0 saturated heterocycles. The Morgan fingerprint density at radius 1 is 1.67 bits per heavy atom. The molecule has 0 aromatic rings. The Bertz CT molecular complexity index is 112. The molecule has 1 radical (unpaired) electrons. The van der Waals surface area contributed by atoms with Crippen LogP contribution in [-0.4, -0.2) is 18.8 Å². The van der Waals surface area contributed by atoms with E-state index in [0.29, 0.717) is 5.82 Å². The number of hydrogen-bond acceptors (Lipinski definition) is 1. The summed E-state index contributed by atoms with van der Waals surface area (Å²) < 4.78 is 0. The summed E-state index contributed by atoms with van der Waals surface area (Å²) in [7, 11) is 1.76. The van der Waals surface area contributed by atoms with Gasteiger partial charge in [0.2, 0.25) is 7.28 Å². The lowest BCUT2D eigenvalue weighted by Gasteiger charge is -2.22. The molecule has 0 bridgehead atoms. The molecule has 1 aliphatic rings. The zero-order valence-corrected chi connectivity index (χ0v) is 6.03. The van der Waals surface area contributed by atoms with E-state index >= 15 is 0 Å². The summed E-state index contributed by atoms with van der Waals surface area (Å²) in [5.74, 6) is 0.701. The minimum atomic E-state index is 0.0846. The molecule has 1 aliphatic carbocycles. The Morgan fingerprint density at radius 3 is 2.67 bits per heavy atom. The first kappa shape index (κ1) is 7.14. The molecular formula is C6H9BClO. The lowest BCUT2D eigenvalue weighted by molar-refractivity contribution is -0.110. The number of carbonyl (C=O) groups excluding carboxylic acids is 1. The van der Waals surface area contributed by atoms with Gasteiger partial charge in [0.15, 0.2) is 0 Å². The Kier molecular flexibility index (Phi) is 2.58. The Balaban J connectivity index is 2.09. The third-order valence-corrected chi connectivity index (χ3v) is 1.97. The highest BCUT2D eigenvalue weighted by molar-refractivity contribution is 6.78. The van der Waals surface area contributed by atoms with Gasteiger partial charge in [-0.3, -0.25) is 0 Å². The van der Waals surface area contributed by atoms with Crippen molar-refractivity contribution < 1.29 is 4.79 Å². The van der Waals surface area contributed by atoms with Crippen molar-refractivity contribution >= 4 is 24.6 Å². The molecule has 0 heterocycles. The monoisotopic (exact) mass is 143 g/mol. The van der Waals surface area contributed by atoms with Gasteiger partial charge >= 0.3 is 0 Å². The third-order valence-electron chi connectivity index (χ3n) is 1.70. The highest BCUT2D eigenvalue weighted by Crippen LogP contribution is 2.31. The van der Waals surface area contributed by atoms with Crippen molar-refractivity contribution in [1.29, 1.82) is 0 Å². The average molecular weight is 143 g/mol. The smallest absolute Gasteiger partial charge is 0.207 e. The van der Waals surface area contributed by atoms with Crippen LogP contribution in [0.15, 0.2) is 0 Å². The van der Waals surface area contributed by atoms with Crippen LogP contribution in [0.4, 0.5) is 0 Å². The molecule has 1 rings (SSSR count). The van der Waals surface area contributed by atoms with Crippen LogP contribution >= 0.6 is 11.6 Å². The minimum absolute atomic E-state index is 0.0846. The van der Waals surface area contributed by atoms with Crippen LogP contribution in [0.25, 0.3) is 0 Å². The van der Waals surface area contributed by atoms with Gasteiger partial charge in [-0.25, -0.2) is 0 Å². The van der Waals surface area contributed by atoms with E-state index in [0.717, 1.165) is 0 Å². The SMILES string of the molecule is O=C([B]C1CCC1)CCl. The largest absolute Gasteiger partial charge is 0.311 e. The predicted molar refractivity (Wildman–Crippen MR) is 39.1 cm³/mol. The van der Waals surface area contributed by atoms with Crippen LogP contribution < -0.4 is 0 Å². The molecule has 9 heavy (non-hydrogen) atoms. The van der Waals surface area contributed by atoms with Crippen molar-refractivity contribution in [3.63, 3.8) is 0 Å². The molecule has 49 valence electrons. The van der Waals surface area contributed by atoms with Gasteiger partial charge in [0, 0.05) is 0 Å². The molecule has 0 aliphatic heterocycles. The second kappa shape index (κ2) is 3.26. The van der Waals surface area contributed by atoms with Crippen LogP contribution in [0.1, 0.15) is 19.3 Å². The van der Waals surface area contributed by atoms with E-state index in [-0.39, 0.29) is 11.6 Å². The number of carbonyl (C=O) groups is 1. The van der Waals surface area contributed by atoms with Crippen LogP contribution in [0.5, 0.6) is 0 Å². The topological polar surface area (TPSA) is 17.1 Å². The van der Waals surface area contributed by atoms with Gasteiger partial charge in [0.1, 0.15) is 0 Å². The van der Waals surface area contributed by atoms with Crippen LogP contribution in [0.2, 0.25) is 5.82 Å². The van der Waals surface area contributed by atoms with Crippen molar-refractivity contribution in [2.75, 3.05) is 5.88 Å². The van der Waals surface area contributed by atoms with Gasteiger partial charge in [0.05, 0.1) is 11.6 Å². The summed E-state index contributed by atoms with van der Waals surface area (Å²) in [5.41, 5.74) is 0.0846. The van der Waals surface area contributed by atoms with Gasteiger partial charge in [-0.05, 0) is 0 Å². The highest BCUT2D eigenvalue weighted by Gasteiger charge is 2.21. The molecular weight excluding hydrogens is 134 g/mol. The molecule has 1 saturated carbocycles. The lowest BCUT2D eigenvalue weighted by atomic mass is 9.53. The van der Waals surface area contributed by atoms with E-state index in [1.54, 1.807) is 7.28 Å². The molecule has 0 aromatic heterocycles. The molecule has 0 amide bonds. The molecule has 0 unspecified atom stereocenters. The number of alkyl halides is 1. The van der Waals surface area contributed by atoms with Gasteiger partial charge in [0.25, 0.3) is 0 Å². The second-order valence-electron chi connectivity index (χ2n) is 2.46. The van der Waals surface area contributed by atoms with Crippen LogP contribution in [0.3, 0.4) is 0 Å². The molecule has 1 fully saturated rings. The third kappa shape index (κ3) is 2.01. The first-order valence-corrected chi connectivity index (χ1v) is 3.80. The summed E-state index contributed by atoms with van der Waals surface area (Å²) in [6.07, 6.45) is 3.64. The maximum absolute atomic E-state index is 10.6. The maximum atomic E-state index is 10.6. The van der Waals surface area contributed by atoms with E-state index in [2.05, 4.69) is 0 Å². The van der Waals surface area contributed by atoms with E-state index in [1.165, 1.54) is 19.3 Å². The summed E-state index contributed by atoms with van der Waals surface area (Å²) in [5, 5.41) is 0. The Morgan fingerprint density at radius 2 is 2.33 bits per heavy atom. The fourth-order valence-corrected chi connectivity index (χ4v) is 1.00. The number of hydrogen-bond donors (Lipinski definition) is 0. The Hall–Kier alpha value is 0.0249. The fourth-order valence-electron chi connectivity index (χ4n) is 0.914. The number of rotatable bonds is 3. The highest BCUT2D eigenvalue weighted by atomic mass is 35.5. The van der Waals surface area contributed by atoms with E-state index < -0.39 is 0 Å². The zero-order chi connectivity index (χ0) is 6.69. The standard InChI is InChI=1S/C6H9BClO/c8-4-6(9)7-5-2-1-3-5/h5H,1-4H2.